The van der Waals surface area contributed by atoms with Crippen LogP contribution in [0.3, 0.4) is 0 Å². The second-order valence-corrected chi connectivity index (χ2v) is 6.99. The first kappa shape index (κ1) is 12.0. The first-order valence-corrected chi connectivity index (χ1v) is 7.92. The van der Waals surface area contributed by atoms with Crippen LogP contribution in [0, 0.1) is 0 Å². The number of hydrogen-bond donors (Lipinski definition) is 1. The van der Waals surface area contributed by atoms with Crippen LogP contribution < -0.4 is 5.32 Å². The van der Waals surface area contributed by atoms with Gasteiger partial charge in [-0.05, 0) is 43.9 Å². The van der Waals surface area contributed by atoms with Gasteiger partial charge in [-0.2, -0.15) is 4.31 Å². The monoisotopic (exact) mass is 266 g/mol. The third kappa shape index (κ3) is 1.82. The maximum atomic E-state index is 12.5. The van der Waals surface area contributed by atoms with Crippen LogP contribution in [0.15, 0.2) is 23.1 Å². The molecule has 98 valence electrons. The summed E-state index contributed by atoms with van der Waals surface area (Å²) in [5.41, 5.74) is 2.19. The van der Waals surface area contributed by atoms with Gasteiger partial charge in [0.05, 0.1) is 4.90 Å². The summed E-state index contributed by atoms with van der Waals surface area (Å²) in [5, 5.41) is 3.23. The second-order valence-electron chi connectivity index (χ2n) is 5.10. The van der Waals surface area contributed by atoms with E-state index in [1.165, 1.54) is 5.56 Å². The van der Waals surface area contributed by atoms with E-state index >= 15 is 0 Å². The van der Waals surface area contributed by atoms with Crippen LogP contribution in [0.5, 0.6) is 0 Å². The quantitative estimate of drug-likeness (QED) is 0.888. The van der Waals surface area contributed by atoms with E-state index in [1.54, 1.807) is 16.4 Å². The Labute approximate surface area is 108 Å². The van der Waals surface area contributed by atoms with Gasteiger partial charge in [0.15, 0.2) is 0 Å². The fourth-order valence-electron chi connectivity index (χ4n) is 2.83. The first-order valence-electron chi connectivity index (χ1n) is 6.48. The molecular formula is C13H18N2O2S. The highest BCUT2D eigenvalue weighted by atomic mass is 32.2. The number of benzene rings is 1. The lowest BCUT2D eigenvalue weighted by atomic mass is 10.2. The molecule has 2 heterocycles. The number of nitrogens with zero attached hydrogens (tertiary/aromatic N) is 1. The minimum absolute atomic E-state index is 0.121. The van der Waals surface area contributed by atoms with Gasteiger partial charge >= 0.3 is 0 Å². The summed E-state index contributed by atoms with van der Waals surface area (Å²) < 4.78 is 26.7. The zero-order chi connectivity index (χ0) is 12.8. The molecule has 0 amide bonds. The van der Waals surface area contributed by atoms with Gasteiger partial charge in [0.25, 0.3) is 0 Å². The summed E-state index contributed by atoms with van der Waals surface area (Å²) in [6, 6.07) is 5.58. The number of sulfonamides is 1. The van der Waals surface area contributed by atoms with Crippen molar-refractivity contribution in [3.8, 4) is 0 Å². The Morgan fingerprint density at radius 2 is 2.22 bits per heavy atom. The molecule has 1 saturated heterocycles. The Kier molecular flexibility index (Phi) is 2.83. The first-order chi connectivity index (χ1) is 8.59. The number of rotatable bonds is 2. The van der Waals surface area contributed by atoms with Crippen molar-refractivity contribution in [3.63, 3.8) is 0 Å². The van der Waals surface area contributed by atoms with Crippen molar-refractivity contribution in [1.29, 1.82) is 0 Å². The average Bonchev–Trinajstić information content (AvgIpc) is 2.95. The van der Waals surface area contributed by atoms with Gasteiger partial charge in [-0.25, -0.2) is 8.42 Å². The molecule has 18 heavy (non-hydrogen) atoms. The van der Waals surface area contributed by atoms with Gasteiger partial charge in [-0.1, -0.05) is 6.07 Å². The van der Waals surface area contributed by atoms with Crippen molar-refractivity contribution >= 4 is 15.7 Å². The van der Waals surface area contributed by atoms with Crippen molar-refractivity contribution in [2.75, 3.05) is 18.4 Å². The predicted octanol–water partition coefficient (Wildman–Crippen LogP) is 1.83. The van der Waals surface area contributed by atoms with Crippen LogP contribution >= 0.6 is 0 Å². The molecule has 1 atom stereocenters. The third-order valence-electron chi connectivity index (χ3n) is 3.89. The van der Waals surface area contributed by atoms with E-state index in [4.69, 9.17) is 0 Å². The number of fused-ring (bicyclic) bond motifs is 1. The second kappa shape index (κ2) is 4.24. The molecule has 1 aromatic carbocycles. The Morgan fingerprint density at radius 3 is 2.94 bits per heavy atom. The predicted molar refractivity (Wildman–Crippen MR) is 71.2 cm³/mol. The van der Waals surface area contributed by atoms with Gasteiger partial charge in [0.2, 0.25) is 10.0 Å². The Hall–Kier alpha value is -1.07. The molecule has 0 saturated carbocycles. The lowest BCUT2D eigenvalue weighted by molar-refractivity contribution is 0.408. The van der Waals surface area contributed by atoms with Crippen molar-refractivity contribution < 1.29 is 8.42 Å². The summed E-state index contributed by atoms with van der Waals surface area (Å²) >= 11 is 0. The molecule has 0 aliphatic carbocycles. The van der Waals surface area contributed by atoms with Gasteiger partial charge in [-0.3, -0.25) is 0 Å². The Bertz CT molecular complexity index is 568. The van der Waals surface area contributed by atoms with Crippen molar-refractivity contribution in [3.05, 3.63) is 23.8 Å². The highest BCUT2D eigenvalue weighted by molar-refractivity contribution is 7.89. The third-order valence-corrected chi connectivity index (χ3v) is 5.90. The molecule has 1 N–H and O–H groups in total. The maximum Gasteiger partial charge on any atom is 0.243 e. The minimum atomic E-state index is -3.32. The topological polar surface area (TPSA) is 49.4 Å². The normalized spacial score (nSPS) is 23.9. The van der Waals surface area contributed by atoms with Crippen LogP contribution in [-0.2, 0) is 16.4 Å². The van der Waals surface area contributed by atoms with E-state index in [2.05, 4.69) is 5.32 Å². The van der Waals surface area contributed by atoms with Crippen molar-refractivity contribution in [2.24, 2.45) is 0 Å². The van der Waals surface area contributed by atoms with E-state index in [-0.39, 0.29) is 6.04 Å². The van der Waals surface area contributed by atoms with Crippen molar-refractivity contribution in [2.45, 2.75) is 37.1 Å². The summed E-state index contributed by atoms with van der Waals surface area (Å²) in [5.74, 6) is 0. The zero-order valence-electron chi connectivity index (χ0n) is 10.5. The van der Waals surface area contributed by atoms with E-state index < -0.39 is 10.0 Å². The molecule has 0 bridgehead atoms. The molecule has 3 rings (SSSR count). The average molecular weight is 266 g/mol. The highest BCUT2D eigenvalue weighted by Gasteiger charge is 2.33. The minimum Gasteiger partial charge on any atom is -0.384 e. The SMILES string of the molecule is CC1CCCN1S(=O)(=O)c1ccc2c(c1)NCC2. The highest BCUT2D eigenvalue weighted by Crippen LogP contribution is 2.30. The van der Waals surface area contributed by atoms with Gasteiger partial charge in [0.1, 0.15) is 0 Å². The van der Waals surface area contributed by atoms with Gasteiger partial charge in [0, 0.05) is 24.8 Å². The maximum absolute atomic E-state index is 12.5. The molecule has 2 aliphatic rings. The van der Waals surface area contributed by atoms with E-state index in [9.17, 15) is 8.42 Å². The summed E-state index contributed by atoms with van der Waals surface area (Å²) in [6.45, 7) is 3.53. The summed E-state index contributed by atoms with van der Waals surface area (Å²) in [4.78, 5) is 0.421. The lowest BCUT2D eigenvalue weighted by Gasteiger charge is -2.21. The fourth-order valence-corrected chi connectivity index (χ4v) is 4.56. The molecule has 2 aliphatic heterocycles. The van der Waals surface area contributed by atoms with E-state index in [1.807, 2.05) is 13.0 Å². The standard InChI is InChI=1S/C13H18N2O2S/c1-10-3-2-8-15(10)18(16,17)12-5-4-11-6-7-14-13(11)9-12/h4-5,9-10,14H,2-3,6-8H2,1H3. The number of nitrogens with one attached hydrogen (secondary N) is 1. The largest absolute Gasteiger partial charge is 0.384 e. The van der Waals surface area contributed by atoms with Crippen LogP contribution in [0.25, 0.3) is 0 Å². The fraction of sp³-hybridized carbons (Fsp3) is 0.538. The van der Waals surface area contributed by atoms with Crippen LogP contribution in [0.1, 0.15) is 25.3 Å². The summed E-state index contributed by atoms with van der Waals surface area (Å²) in [6.07, 6.45) is 2.90. The molecule has 0 radical (unpaired) electrons. The number of hydrogen-bond acceptors (Lipinski definition) is 3. The van der Waals surface area contributed by atoms with E-state index in [0.29, 0.717) is 11.4 Å². The summed E-state index contributed by atoms with van der Waals surface area (Å²) in [7, 11) is -3.32. The molecule has 0 aromatic heterocycles. The molecular weight excluding hydrogens is 248 g/mol. The van der Waals surface area contributed by atoms with Crippen LogP contribution in [0.4, 0.5) is 5.69 Å². The molecule has 0 spiro atoms. The smallest absolute Gasteiger partial charge is 0.243 e. The molecule has 1 aromatic rings. The van der Waals surface area contributed by atoms with Crippen molar-refractivity contribution in [1.82, 2.24) is 4.31 Å². The van der Waals surface area contributed by atoms with Gasteiger partial charge in [-0.15, -0.1) is 0 Å². The molecule has 1 fully saturated rings. The van der Waals surface area contributed by atoms with Crippen LogP contribution in [0.2, 0.25) is 0 Å². The Balaban J connectivity index is 1.99. The van der Waals surface area contributed by atoms with Crippen LogP contribution in [-0.4, -0.2) is 31.9 Å². The lowest BCUT2D eigenvalue weighted by Crippen LogP contribution is -2.33. The Morgan fingerprint density at radius 1 is 1.39 bits per heavy atom. The molecule has 5 heteroatoms. The number of anilines is 1. The zero-order valence-corrected chi connectivity index (χ0v) is 11.3. The molecule has 4 nitrogen and oxygen atoms in total. The molecule has 1 unspecified atom stereocenters. The van der Waals surface area contributed by atoms with Gasteiger partial charge < -0.3 is 5.32 Å². The van der Waals surface area contributed by atoms with E-state index in [0.717, 1.165) is 31.5 Å².